The molecule has 34 heavy (non-hydrogen) atoms. The quantitative estimate of drug-likeness (QED) is 0.264. The van der Waals surface area contributed by atoms with Gasteiger partial charge in [-0.05, 0) is 60.5 Å². The van der Waals surface area contributed by atoms with Crippen molar-refractivity contribution in [1.29, 1.82) is 0 Å². The van der Waals surface area contributed by atoms with Gasteiger partial charge >= 0.3 is 6.18 Å². The highest BCUT2D eigenvalue weighted by molar-refractivity contribution is 7.90. The van der Waals surface area contributed by atoms with Crippen molar-refractivity contribution in [2.24, 2.45) is 0 Å². The minimum absolute atomic E-state index is 0.159. The lowest BCUT2D eigenvalue weighted by atomic mass is 10.2. The first-order chi connectivity index (χ1) is 15.8. The molecule has 0 unspecified atom stereocenters. The van der Waals surface area contributed by atoms with Gasteiger partial charge in [0.2, 0.25) is 0 Å². The van der Waals surface area contributed by atoms with Crippen LogP contribution in [0.25, 0.3) is 10.2 Å². The molecule has 0 saturated carbocycles. The minimum atomic E-state index is -4.64. The number of halogens is 6. The summed E-state index contributed by atoms with van der Waals surface area (Å²) < 4.78 is 65.2. The van der Waals surface area contributed by atoms with Gasteiger partial charge in [-0.25, -0.2) is 13.4 Å². The molecular weight excluding hydrogens is 552 g/mol. The predicted octanol–water partition coefficient (Wildman–Crippen LogP) is 8.30. The van der Waals surface area contributed by atoms with Gasteiger partial charge in [0.15, 0.2) is 15.0 Å². The summed E-state index contributed by atoms with van der Waals surface area (Å²) in [6.45, 7) is 1.98. The number of aromatic nitrogens is 1. The molecule has 4 rings (SSSR count). The highest BCUT2D eigenvalue weighted by Gasteiger charge is 2.32. The highest BCUT2D eigenvalue weighted by Crippen LogP contribution is 2.38. The molecule has 3 aromatic carbocycles. The van der Waals surface area contributed by atoms with Crippen molar-refractivity contribution in [2.75, 3.05) is 5.32 Å². The molecular formula is C22H14Cl3F3N2O2S2. The number of hydrogen-bond acceptors (Lipinski definition) is 5. The van der Waals surface area contributed by atoms with Gasteiger partial charge in [-0.15, -0.1) is 0 Å². The summed E-state index contributed by atoms with van der Waals surface area (Å²) >= 11 is 20.0. The number of rotatable bonds is 5. The van der Waals surface area contributed by atoms with Crippen LogP contribution in [0.15, 0.2) is 53.4 Å². The third-order valence-electron chi connectivity index (χ3n) is 4.83. The molecule has 4 nitrogen and oxygen atoms in total. The van der Waals surface area contributed by atoms with Crippen LogP contribution >= 0.6 is 46.1 Å². The third-order valence-corrected chi connectivity index (χ3v) is 8.52. The summed E-state index contributed by atoms with van der Waals surface area (Å²) in [6, 6.07) is 10.8. The average molecular weight is 566 g/mol. The van der Waals surface area contributed by atoms with Crippen molar-refractivity contribution in [2.45, 2.75) is 23.7 Å². The lowest BCUT2D eigenvalue weighted by Crippen LogP contribution is -2.09. The molecule has 0 spiro atoms. The number of sulfone groups is 1. The molecule has 1 N–H and O–H groups in total. The van der Waals surface area contributed by atoms with Gasteiger partial charge in [0.1, 0.15) is 0 Å². The van der Waals surface area contributed by atoms with Crippen molar-refractivity contribution >= 4 is 77.0 Å². The molecule has 0 aliphatic carbocycles. The highest BCUT2D eigenvalue weighted by atomic mass is 35.5. The maximum atomic E-state index is 12.9. The van der Waals surface area contributed by atoms with E-state index in [0.717, 1.165) is 21.8 Å². The van der Waals surface area contributed by atoms with Crippen LogP contribution in [0.1, 0.15) is 16.7 Å². The molecule has 0 fully saturated rings. The lowest BCUT2D eigenvalue weighted by Gasteiger charge is -2.13. The van der Waals surface area contributed by atoms with E-state index in [1.807, 2.05) is 25.1 Å². The summed E-state index contributed by atoms with van der Waals surface area (Å²) in [5.74, 6) is -0.557. The number of hydrogen-bond donors (Lipinski definition) is 1. The van der Waals surface area contributed by atoms with E-state index < -0.39 is 37.2 Å². The van der Waals surface area contributed by atoms with E-state index in [9.17, 15) is 21.6 Å². The van der Waals surface area contributed by atoms with Crippen molar-refractivity contribution in [3.63, 3.8) is 0 Å². The lowest BCUT2D eigenvalue weighted by molar-refractivity contribution is -0.137. The van der Waals surface area contributed by atoms with E-state index in [2.05, 4.69) is 10.3 Å². The first-order valence-corrected chi connectivity index (χ1v) is 13.2. The Balaban J connectivity index is 1.60. The Kier molecular flexibility index (Phi) is 6.78. The molecule has 1 aromatic heterocycles. The predicted molar refractivity (Wildman–Crippen MR) is 131 cm³/mol. The van der Waals surface area contributed by atoms with Crippen molar-refractivity contribution < 1.29 is 21.6 Å². The fraction of sp³-hybridized carbons (Fsp3) is 0.136. The van der Waals surface area contributed by atoms with E-state index in [1.165, 1.54) is 23.5 Å². The smallest absolute Gasteiger partial charge is 0.329 e. The second-order valence-corrected chi connectivity index (χ2v) is 11.7. The molecule has 1 heterocycles. The first-order valence-electron chi connectivity index (χ1n) is 9.55. The van der Waals surface area contributed by atoms with Gasteiger partial charge < -0.3 is 5.32 Å². The Morgan fingerprint density at radius 3 is 2.26 bits per heavy atom. The van der Waals surface area contributed by atoms with Crippen LogP contribution in [0.2, 0.25) is 15.1 Å². The van der Waals surface area contributed by atoms with Crippen molar-refractivity contribution in [3.8, 4) is 0 Å². The van der Waals surface area contributed by atoms with E-state index in [0.29, 0.717) is 23.0 Å². The zero-order valence-electron chi connectivity index (χ0n) is 17.2. The maximum absolute atomic E-state index is 12.9. The summed E-state index contributed by atoms with van der Waals surface area (Å²) in [6.07, 6.45) is -4.64. The molecule has 0 aliphatic rings. The van der Waals surface area contributed by atoms with E-state index >= 15 is 0 Å². The zero-order chi connectivity index (χ0) is 24.8. The molecule has 0 aliphatic heterocycles. The van der Waals surface area contributed by atoms with Crippen LogP contribution in [-0.2, 0) is 21.8 Å². The van der Waals surface area contributed by atoms with Crippen LogP contribution < -0.4 is 5.32 Å². The molecule has 0 amide bonds. The number of nitrogens with one attached hydrogen (secondary N) is 1. The van der Waals surface area contributed by atoms with Gasteiger partial charge in [-0.3, -0.25) is 0 Å². The number of fused-ring (bicyclic) bond motifs is 1. The van der Waals surface area contributed by atoms with Gasteiger partial charge in [-0.2, -0.15) is 13.2 Å². The number of anilines is 2. The third kappa shape index (κ3) is 5.28. The average Bonchev–Trinajstić information content (AvgIpc) is 3.11. The van der Waals surface area contributed by atoms with Crippen LogP contribution in [0.3, 0.4) is 0 Å². The van der Waals surface area contributed by atoms with Gasteiger partial charge in [0.05, 0.1) is 47.2 Å². The minimum Gasteiger partial charge on any atom is -0.329 e. The number of benzene rings is 3. The SMILES string of the molecule is Cc1ccc2nc(Nc3c(Cl)cc(CS(=O)(=O)c4ccc(C(F)(F)F)cc4Cl)cc3Cl)sc2c1. The maximum Gasteiger partial charge on any atom is 0.416 e. The monoisotopic (exact) mass is 564 g/mol. The topological polar surface area (TPSA) is 59.1 Å². The Morgan fingerprint density at radius 2 is 1.65 bits per heavy atom. The first kappa shape index (κ1) is 25.1. The standard InChI is InChI=1S/C22H14Cl3F3N2O2S2/c1-11-2-4-17-18(6-11)33-21(29-17)30-20-15(24)7-12(8-16(20)25)10-34(31,32)19-5-3-13(9-14(19)23)22(26,27)28/h2-9H,10H2,1H3,(H,29,30). The van der Waals surface area contributed by atoms with Crippen LogP contribution in [0, 0.1) is 6.92 Å². The Morgan fingerprint density at radius 1 is 0.971 bits per heavy atom. The normalized spacial score (nSPS) is 12.3. The Hall–Kier alpha value is -2.04. The molecule has 0 bridgehead atoms. The molecule has 0 radical (unpaired) electrons. The van der Waals surface area contributed by atoms with Crippen LogP contribution in [0.4, 0.5) is 24.0 Å². The van der Waals surface area contributed by atoms with Crippen molar-refractivity contribution in [1.82, 2.24) is 4.98 Å². The van der Waals surface area contributed by atoms with Crippen molar-refractivity contribution in [3.05, 3.63) is 80.3 Å². The number of alkyl halides is 3. The summed E-state index contributed by atoms with van der Waals surface area (Å²) in [4.78, 5) is 4.07. The second-order valence-electron chi connectivity index (χ2n) is 7.45. The van der Waals surface area contributed by atoms with Gasteiger partial charge in [-0.1, -0.05) is 52.2 Å². The summed E-state index contributed by atoms with van der Waals surface area (Å²) in [5.41, 5.74) is 1.46. The van der Waals surface area contributed by atoms with E-state index in [4.69, 9.17) is 34.8 Å². The summed E-state index contributed by atoms with van der Waals surface area (Å²) in [7, 11) is -4.08. The molecule has 0 atom stereocenters. The zero-order valence-corrected chi connectivity index (χ0v) is 21.1. The van der Waals surface area contributed by atoms with E-state index in [1.54, 1.807) is 0 Å². The second kappa shape index (κ2) is 9.20. The molecule has 0 saturated heterocycles. The van der Waals surface area contributed by atoms with Gasteiger partial charge in [0.25, 0.3) is 0 Å². The largest absolute Gasteiger partial charge is 0.416 e. The number of aryl methyl sites for hydroxylation is 1. The Bertz CT molecular complexity index is 1500. The fourth-order valence-electron chi connectivity index (χ4n) is 3.25. The Labute approximate surface area is 212 Å². The number of nitrogens with zero attached hydrogens (tertiary/aromatic N) is 1. The fourth-order valence-corrected chi connectivity index (χ4v) is 6.77. The van der Waals surface area contributed by atoms with E-state index in [-0.39, 0.29) is 15.6 Å². The van der Waals surface area contributed by atoms with Crippen LogP contribution in [0.5, 0.6) is 0 Å². The molecule has 4 aromatic rings. The molecule has 12 heteroatoms. The summed E-state index contributed by atoms with van der Waals surface area (Å²) in [5, 5.41) is 3.42. The number of thiazole rings is 1. The van der Waals surface area contributed by atoms with Gasteiger partial charge in [0, 0.05) is 0 Å². The molecule has 178 valence electrons. The van der Waals surface area contributed by atoms with Crippen LogP contribution in [-0.4, -0.2) is 13.4 Å².